The molecule has 0 radical (unpaired) electrons. The van der Waals surface area contributed by atoms with Crippen molar-refractivity contribution in [2.24, 2.45) is 0 Å². The second-order valence-electron chi connectivity index (χ2n) is 12.1. The number of amides is 2. The molecule has 1 N–H and O–H groups in total. The molecule has 0 aliphatic carbocycles. The fourth-order valence-corrected chi connectivity index (χ4v) is 7.29. The van der Waals surface area contributed by atoms with Gasteiger partial charge in [0, 0.05) is 17.8 Å². The van der Waals surface area contributed by atoms with E-state index in [-0.39, 0.29) is 43.2 Å². The van der Waals surface area contributed by atoms with Crippen LogP contribution in [0.15, 0.2) is 127 Å². The quantitative estimate of drug-likeness (QED) is 0.210. The van der Waals surface area contributed by atoms with E-state index in [9.17, 15) is 23.1 Å². The Hall–Kier alpha value is -5.21. The Bertz CT molecular complexity index is 1960. The van der Waals surface area contributed by atoms with E-state index in [1.165, 1.54) is 23.1 Å². The maximum atomic E-state index is 15.4. The summed E-state index contributed by atoms with van der Waals surface area (Å²) in [6.07, 6.45) is -4.42. The van der Waals surface area contributed by atoms with E-state index in [0.29, 0.717) is 16.7 Å². The molecule has 2 amide bonds. The van der Waals surface area contributed by atoms with Crippen LogP contribution < -0.4 is 4.90 Å². The van der Waals surface area contributed by atoms with Crippen molar-refractivity contribution in [3.8, 4) is 0 Å². The largest absolute Gasteiger partial charge is 0.416 e. The summed E-state index contributed by atoms with van der Waals surface area (Å²) in [5.41, 5.74) is 2.31. The molecule has 0 saturated heterocycles. The Labute approximate surface area is 270 Å². The van der Waals surface area contributed by atoms with Crippen molar-refractivity contribution in [2.75, 3.05) is 4.90 Å². The number of carbonyl (C=O) groups is 2. The second kappa shape index (κ2) is 11.9. The van der Waals surface area contributed by atoms with Gasteiger partial charge >= 0.3 is 6.18 Å². The molecule has 2 aliphatic rings. The van der Waals surface area contributed by atoms with Gasteiger partial charge in [-0.3, -0.25) is 9.59 Å². The summed E-state index contributed by atoms with van der Waals surface area (Å²) < 4.78 is 42.9. The van der Waals surface area contributed by atoms with Gasteiger partial charge in [-0.15, -0.1) is 0 Å². The number of hydrogen-bond acceptors (Lipinski definition) is 3. The fourth-order valence-electron chi connectivity index (χ4n) is 7.29. The number of hydrogen-bond donors (Lipinski definition) is 1. The van der Waals surface area contributed by atoms with Crippen molar-refractivity contribution < 1.29 is 27.9 Å². The number of alkyl halides is 3. The molecule has 2 heterocycles. The molecule has 2 atom stereocenters. The van der Waals surface area contributed by atoms with E-state index >= 15 is 4.79 Å². The number of para-hydroxylation sites is 1. The lowest BCUT2D eigenvalue weighted by atomic mass is 9.61. The zero-order valence-electron chi connectivity index (χ0n) is 25.3. The molecule has 2 aliphatic heterocycles. The number of aliphatic hydroxyl groups excluding tert-OH is 1. The maximum absolute atomic E-state index is 15.4. The zero-order valence-corrected chi connectivity index (χ0v) is 25.3. The molecule has 236 valence electrons. The third-order valence-electron chi connectivity index (χ3n) is 9.38. The first kappa shape index (κ1) is 30.4. The standard InChI is InChI=1S/C39H31F3N2O3/c40-39(41,42)32-15-7-4-13-30(32)24-44-35(28-20-18-27(25-45)19-21-28)38(33-16-8-6-14-31(33)36(44)46)22-29-12-5-9-17-34(29)43(37(38)47)23-26-10-2-1-3-11-26/h1-21,35,45H,22-25H2/t35-,38-/m0/s1. The van der Waals surface area contributed by atoms with Gasteiger partial charge in [-0.25, -0.2) is 0 Å². The molecule has 0 saturated carbocycles. The second-order valence-corrected chi connectivity index (χ2v) is 12.1. The summed E-state index contributed by atoms with van der Waals surface area (Å²) >= 11 is 0. The van der Waals surface area contributed by atoms with Crippen LogP contribution in [0.25, 0.3) is 0 Å². The molecule has 5 aromatic rings. The lowest BCUT2D eigenvalue weighted by Gasteiger charge is -2.53. The number of halogens is 3. The van der Waals surface area contributed by atoms with Crippen molar-refractivity contribution in [3.05, 3.63) is 172 Å². The lowest BCUT2D eigenvalue weighted by Crippen LogP contribution is -2.62. The fraction of sp³-hybridized carbons (Fsp3) is 0.179. The Kier molecular flexibility index (Phi) is 7.68. The highest BCUT2D eigenvalue weighted by Gasteiger charge is 2.59. The molecule has 0 unspecified atom stereocenters. The van der Waals surface area contributed by atoms with Crippen LogP contribution in [0.1, 0.15) is 55.3 Å². The minimum atomic E-state index is -4.64. The number of benzene rings is 5. The minimum Gasteiger partial charge on any atom is -0.392 e. The molecule has 8 heteroatoms. The third kappa shape index (κ3) is 5.19. The normalized spacial score (nSPS) is 19.1. The van der Waals surface area contributed by atoms with Crippen LogP contribution in [0.5, 0.6) is 0 Å². The van der Waals surface area contributed by atoms with Crippen LogP contribution in [0.4, 0.5) is 18.9 Å². The van der Waals surface area contributed by atoms with Crippen molar-refractivity contribution >= 4 is 17.5 Å². The Balaban J connectivity index is 1.49. The molecule has 5 aromatic carbocycles. The first-order valence-electron chi connectivity index (χ1n) is 15.4. The highest BCUT2D eigenvalue weighted by molar-refractivity contribution is 6.09. The van der Waals surface area contributed by atoms with Gasteiger partial charge < -0.3 is 14.9 Å². The van der Waals surface area contributed by atoms with E-state index in [2.05, 4.69) is 0 Å². The number of rotatable bonds is 6. The van der Waals surface area contributed by atoms with E-state index in [1.807, 2.05) is 54.6 Å². The van der Waals surface area contributed by atoms with Gasteiger partial charge in [0.25, 0.3) is 5.91 Å². The zero-order chi connectivity index (χ0) is 32.8. The summed E-state index contributed by atoms with van der Waals surface area (Å²) in [6.45, 7) is -0.316. The molecular weight excluding hydrogens is 601 g/mol. The Morgan fingerprint density at radius 3 is 2.13 bits per heavy atom. The van der Waals surface area contributed by atoms with Crippen LogP contribution in [0.2, 0.25) is 0 Å². The van der Waals surface area contributed by atoms with Crippen LogP contribution in [0.3, 0.4) is 0 Å². The summed E-state index contributed by atoms with van der Waals surface area (Å²) in [7, 11) is 0. The summed E-state index contributed by atoms with van der Waals surface area (Å²) in [4.78, 5) is 33.1. The number of anilines is 1. The first-order valence-corrected chi connectivity index (χ1v) is 15.4. The monoisotopic (exact) mass is 632 g/mol. The van der Waals surface area contributed by atoms with Crippen molar-refractivity contribution in [1.82, 2.24) is 4.90 Å². The highest BCUT2D eigenvalue weighted by atomic mass is 19.4. The smallest absolute Gasteiger partial charge is 0.392 e. The predicted molar refractivity (Wildman–Crippen MR) is 172 cm³/mol. The van der Waals surface area contributed by atoms with Crippen LogP contribution in [0, 0.1) is 0 Å². The lowest BCUT2D eigenvalue weighted by molar-refractivity contribution is -0.138. The average molecular weight is 633 g/mol. The maximum Gasteiger partial charge on any atom is 0.416 e. The topological polar surface area (TPSA) is 60.9 Å². The van der Waals surface area contributed by atoms with Crippen LogP contribution in [-0.2, 0) is 42.5 Å². The van der Waals surface area contributed by atoms with E-state index in [1.54, 1.807) is 53.4 Å². The number of carbonyl (C=O) groups excluding carboxylic acids is 2. The van der Waals surface area contributed by atoms with E-state index in [4.69, 9.17) is 0 Å². The van der Waals surface area contributed by atoms with Crippen LogP contribution >= 0.6 is 0 Å². The summed E-state index contributed by atoms with van der Waals surface area (Å²) in [6, 6.07) is 35.5. The minimum absolute atomic E-state index is 0.0651. The third-order valence-corrected chi connectivity index (χ3v) is 9.38. The number of aliphatic hydroxyl groups is 1. The van der Waals surface area contributed by atoms with E-state index < -0.39 is 29.1 Å². The van der Waals surface area contributed by atoms with Gasteiger partial charge in [-0.2, -0.15) is 13.2 Å². The van der Waals surface area contributed by atoms with Crippen molar-refractivity contribution in [1.29, 1.82) is 0 Å². The van der Waals surface area contributed by atoms with E-state index in [0.717, 1.165) is 22.9 Å². The summed E-state index contributed by atoms with van der Waals surface area (Å²) in [5.74, 6) is -0.703. The average Bonchev–Trinajstić information content (AvgIpc) is 3.09. The first-order chi connectivity index (χ1) is 22.7. The van der Waals surface area contributed by atoms with Crippen molar-refractivity contribution in [3.63, 3.8) is 0 Å². The van der Waals surface area contributed by atoms with Crippen molar-refractivity contribution in [2.45, 2.75) is 43.8 Å². The predicted octanol–water partition coefficient (Wildman–Crippen LogP) is 7.62. The molecule has 47 heavy (non-hydrogen) atoms. The Morgan fingerprint density at radius 1 is 0.723 bits per heavy atom. The number of nitrogens with zero attached hydrogens (tertiary/aromatic N) is 2. The molecule has 0 fully saturated rings. The van der Waals surface area contributed by atoms with Gasteiger partial charge in [0.1, 0.15) is 5.41 Å². The SMILES string of the molecule is O=C1c2ccccc2[C@@]2(Cc3ccccc3N(Cc3ccccc3)C2=O)[C@H](c2ccc(CO)cc2)N1Cc1ccccc1C(F)(F)F. The van der Waals surface area contributed by atoms with Gasteiger partial charge in [0.15, 0.2) is 0 Å². The summed E-state index contributed by atoms with van der Waals surface area (Å²) in [5, 5.41) is 9.80. The van der Waals surface area contributed by atoms with Gasteiger partial charge in [-0.05, 0) is 58.0 Å². The van der Waals surface area contributed by atoms with Gasteiger partial charge in [0.05, 0.1) is 24.8 Å². The molecule has 7 rings (SSSR count). The molecule has 1 spiro atoms. The highest BCUT2D eigenvalue weighted by Crippen LogP contribution is 2.54. The molecule has 0 bridgehead atoms. The van der Waals surface area contributed by atoms with Gasteiger partial charge in [-0.1, -0.05) is 109 Å². The van der Waals surface area contributed by atoms with Crippen LogP contribution in [-0.4, -0.2) is 21.8 Å². The molecule has 0 aromatic heterocycles. The van der Waals surface area contributed by atoms with Gasteiger partial charge in [0.2, 0.25) is 5.91 Å². The Morgan fingerprint density at radius 2 is 1.38 bits per heavy atom. The number of fused-ring (bicyclic) bond motifs is 3. The molecule has 5 nitrogen and oxygen atoms in total. The molecular formula is C39H31F3N2O3.